The van der Waals surface area contributed by atoms with Crippen molar-refractivity contribution in [3.8, 4) is 0 Å². The maximum absolute atomic E-state index is 11.7. The third-order valence-electron chi connectivity index (χ3n) is 4.50. The van der Waals surface area contributed by atoms with Gasteiger partial charge in [0, 0.05) is 0 Å². The third kappa shape index (κ3) is 3.50. The number of carbonyl (C=O) groups is 1. The number of hydrogen-bond acceptors (Lipinski definition) is 1. The van der Waals surface area contributed by atoms with Crippen molar-refractivity contribution in [3.05, 3.63) is 91.0 Å². The Hall–Kier alpha value is -1.76. The molecule has 3 aromatic rings. The zero-order valence-corrected chi connectivity index (χ0v) is 15.9. The molecule has 0 unspecified atom stereocenters. The van der Waals surface area contributed by atoms with Gasteiger partial charge in [0.15, 0.2) is 0 Å². The predicted molar refractivity (Wildman–Crippen MR) is 110 cm³/mol. The molecule has 0 radical (unpaired) electrons. The molecule has 0 heterocycles. The molecular weight excluding hydrogens is 379 g/mol. The van der Waals surface area contributed by atoms with E-state index in [1.807, 2.05) is 18.2 Å². The van der Waals surface area contributed by atoms with Crippen molar-refractivity contribution < 1.29 is 4.79 Å². The van der Waals surface area contributed by atoms with Crippen molar-refractivity contribution in [1.82, 2.24) is 0 Å². The zero-order chi connectivity index (χ0) is 16.8. The van der Waals surface area contributed by atoms with Gasteiger partial charge < -0.3 is 0 Å². The number of halogens is 1. The Kier molecular flexibility index (Phi) is 5.60. The summed E-state index contributed by atoms with van der Waals surface area (Å²) in [6.07, 6.45) is 1.39. The van der Waals surface area contributed by atoms with Crippen LogP contribution in [0.2, 0.25) is 0 Å². The van der Waals surface area contributed by atoms with E-state index >= 15 is 0 Å². The van der Waals surface area contributed by atoms with Crippen molar-refractivity contribution in [3.63, 3.8) is 0 Å². The summed E-state index contributed by atoms with van der Waals surface area (Å²) in [4.78, 5) is 11.7. The molecule has 0 aliphatic heterocycles. The summed E-state index contributed by atoms with van der Waals surface area (Å²) in [5.74, 6) is 0. The molecule has 0 spiro atoms. The van der Waals surface area contributed by atoms with E-state index in [4.69, 9.17) is 0 Å². The monoisotopic (exact) mass is 398 g/mol. The van der Waals surface area contributed by atoms with Gasteiger partial charge in [-0.3, -0.25) is 0 Å². The second-order valence-corrected chi connectivity index (χ2v) is 10.8. The van der Waals surface area contributed by atoms with Crippen molar-refractivity contribution in [1.29, 1.82) is 0 Å². The molecule has 0 bridgehead atoms. The average Bonchev–Trinajstić information content (AvgIpc) is 2.65. The fourth-order valence-corrected chi connectivity index (χ4v) is 8.70. The SMILES string of the molecule is O=C(Br)CC[PH](c1ccccc1)(c1ccccc1)c1ccccc1. The minimum atomic E-state index is -2.24. The van der Waals surface area contributed by atoms with Crippen molar-refractivity contribution in [2.24, 2.45) is 0 Å². The first-order chi connectivity index (χ1) is 11.7. The number of benzene rings is 3. The first kappa shape index (κ1) is 17.1. The molecule has 0 saturated carbocycles. The van der Waals surface area contributed by atoms with E-state index < -0.39 is 7.26 Å². The summed E-state index contributed by atoms with van der Waals surface area (Å²) in [5.41, 5.74) is 0. The van der Waals surface area contributed by atoms with E-state index in [1.165, 1.54) is 15.9 Å². The Morgan fingerprint density at radius 2 is 1.00 bits per heavy atom. The number of carbonyl (C=O) groups excluding carboxylic acids is 1. The summed E-state index contributed by atoms with van der Waals surface area (Å²) in [6, 6.07) is 32.0. The molecule has 0 atom stereocenters. The van der Waals surface area contributed by atoms with Crippen LogP contribution in [0, 0.1) is 0 Å². The van der Waals surface area contributed by atoms with E-state index in [2.05, 4.69) is 88.7 Å². The van der Waals surface area contributed by atoms with Gasteiger partial charge in [0.05, 0.1) is 0 Å². The Bertz CT molecular complexity index is 691. The van der Waals surface area contributed by atoms with Crippen molar-refractivity contribution in [2.75, 3.05) is 6.16 Å². The van der Waals surface area contributed by atoms with Gasteiger partial charge in [-0.2, -0.15) is 0 Å². The Morgan fingerprint density at radius 3 is 1.29 bits per heavy atom. The second kappa shape index (κ2) is 7.88. The molecule has 0 saturated heterocycles. The molecule has 3 heteroatoms. The molecule has 3 aromatic carbocycles. The van der Waals surface area contributed by atoms with Gasteiger partial charge in [-0.15, -0.1) is 0 Å². The molecule has 0 aliphatic rings. The predicted octanol–water partition coefficient (Wildman–Crippen LogP) is 4.02. The van der Waals surface area contributed by atoms with Crippen molar-refractivity contribution >= 4 is 43.8 Å². The van der Waals surface area contributed by atoms with E-state index in [0.29, 0.717) is 6.42 Å². The quantitative estimate of drug-likeness (QED) is 0.452. The van der Waals surface area contributed by atoms with Gasteiger partial charge in [0.1, 0.15) is 0 Å². The van der Waals surface area contributed by atoms with Gasteiger partial charge in [-0.05, 0) is 0 Å². The van der Waals surface area contributed by atoms with Crippen LogP contribution < -0.4 is 15.9 Å². The van der Waals surface area contributed by atoms with Crippen LogP contribution in [0.15, 0.2) is 91.0 Å². The molecular formula is C21H20BrOP. The van der Waals surface area contributed by atoms with Crippen LogP contribution in [-0.2, 0) is 4.79 Å². The van der Waals surface area contributed by atoms with Gasteiger partial charge in [-0.1, -0.05) is 0 Å². The Balaban J connectivity index is 2.26. The summed E-state index contributed by atoms with van der Waals surface area (Å²) in [5, 5.41) is 4.03. The van der Waals surface area contributed by atoms with Crippen LogP contribution in [0.3, 0.4) is 0 Å². The standard InChI is InChI=1S/C21H20BrOP/c22-21(23)16-17-24(18-10-4-1-5-11-18,19-12-6-2-7-13-19)20-14-8-3-9-15-20/h1-15,24H,16-17H2. The zero-order valence-electron chi connectivity index (χ0n) is 13.4. The summed E-state index contributed by atoms with van der Waals surface area (Å²) < 4.78 is 0.0715. The maximum atomic E-state index is 11.7. The van der Waals surface area contributed by atoms with Gasteiger partial charge in [0.2, 0.25) is 0 Å². The second-order valence-electron chi connectivity index (χ2n) is 5.86. The fourth-order valence-electron chi connectivity index (χ4n) is 3.39. The molecule has 1 nitrogen and oxygen atoms in total. The van der Waals surface area contributed by atoms with Gasteiger partial charge >= 0.3 is 152 Å². The molecule has 0 fully saturated rings. The third-order valence-corrected chi connectivity index (χ3v) is 9.85. The molecule has 3 rings (SSSR count). The normalized spacial score (nSPS) is 11.9. The topological polar surface area (TPSA) is 17.1 Å². The van der Waals surface area contributed by atoms with Crippen LogP contribution in [0.1, 0.15) is 6.42 Å². The summed E-state index contributed by atoms with van der Waals surface area (Å²) in [7, 11) is -2.24. The molecule has 24 heavy (non-hydrogen) atoms. The van der Waals surface area contributed by atoms with Gasteiger partial charge in [-0.25, -0.2) is 0 Å². The molecule has 0 aliphatic carbocycles. The van der Waals surface area contributed by atoms with E-state index in [9.17, 15) is 4.79 Å². The van der Waals surface area contributed by atoms with E-state index in [-0.39, 0.29) is 4.69 Å². The average molecular weight is 399 g/mol. The molecule has 0 aromatic heterocycles. The van der Waals surface area contributed by atoms with Crippen LogP contribution in [0.25, 0.3) is 0 Å². The van der Waals surface area contributed by atoms with E-state index in [1.54, 1.807) is 0 Å². The fraction of sp³-hybridized carbons (Fsp3) is 0.0952. The minimum absolute atomic E-state index is 0.0715. The van der Waals surface area contributed by atoms with Crippen LogP contribution >= 0.6 is 23.2 Å². The first-order valence-electron chi connectivity index (χ1n) is 8.08. The number of rotatable bonds is 6. The van der Waals surface area contributed by atoms with Gasteiger partial charge in [0.25, 0.3) is 0 Å². The van der Waals surface area contributed by atoms with E-state index in [0.717, 1.165) is 6.16 Å². The first-order valence-corrected chi connectivity index (χ1v) is 11.1. The number of hydrogen-bond donors (Lipinski definition) is 0. The summed E-state index contributed by atoms with van der Waals surface area (Å²) >= 11 is 3.13. The molecule has 122 valence electrons. The Labute approximate surface area is 152 Å². The molecule has 0 N–H and O–H groups in total. The Morgan fingerprint density at radius 1 is 0.667 bits per heavy atom. The van der Waals surface area contributed by atoms with Crippen LogP contribution in [-0.4, -0.2) is 10.9 Å². The van der Waals surface area contributed by atoms with Crippen LogP contribution in [0.4, 0.5) is 0 Å². The van der Waals surface area contributed by atoms with Crippen LogP contribution in [0.5, 0.6) is 0 Å². The molecule has 0 amide bonds. The summed E-state index contributed by atoms with van der Waals surface area (Å²) in [6.45, 7) is 0. The van der Waals surface area contributed by atoms with Crippen molar-refractivity contribution in [2.45, 2.75) is 6.42 Å².